The van der Waals surface area contributed by atoms with Gasteiger partial charge in [-0.1, -0.05) is 0 Å². The smallest absolute Gasteiger partial charge is 0.182 e. The van der Waals surface area contributed by atoms with Gasteiger partial charge in [-0.15, -0.1) is 0 Å². The largest absolute Gasteiger partial charge is 0.380 e. The fourth-order valence-corrected chi connectivity index (χ4v) is 2.34. The summed E-state index contributed by atoms with van der Waals surface area (Å²) < 4.78 is 18.1. The first-order chi connectivity index (χ1) is 9.19. The van der Waals surface area contributed by atoms with Gasteiger partial charge in [0.25, 0.3) is 0 Å². The van der Waals surface area contributed by atoms with Crippen LogP contribution in [-0.2, 0) is 4.74 Å². The number of nitrogens with zero attached hydrogens (tertiary/aromatic N) is 2. The standard InChI is InChI=1S/C14H19FN2O2/c1-19-12-3-2-7-17(10-12)8-6-14(18)13-5-4-11(15)9-16-13/h4-5,9,12H,2-3,6-8,10H2,1H3. The van der Waals surface area contributed by atoms with Crippen LogP contribution in [-0.4, -0.2) is 48.5 Å². The lowest BCUT2D eigenvalue weighted by atomic mass is 10.1. The predicted octanol–water partition coefficient (Wildman–Crippen LogP) is 1.90. The molecule has 0 radical (unpaired) electrons. The van der Waals surface area contributed by atoms with Crippen LogP contribution >= 0.6 is 0 Å². The summed E-state index contributed by atoms with van der Waals surface area (Å²) in [6, 6.07) is 2.70. The molecule has 1 saturated heterocycles. The number of aromatic nitrogens is 1. The van der Waals surface area contributed by atoms with Gasteiger partial charge in [-0.2, -0.15) is 0 Å². The van der Waals surface area contributed by atoms with Gasteiger partial charge in [0, 0.05) is 26.6 Å². The maximum atomic E-state index is 12.7. The van der Waals surface area contributed by atoms with Crippen molar-refractivity contribution < 1.29 is 13.9 Å². The van der Waals surface area contributed by atoms with Crippen LogP contribution in [0.2, 0.25) is 0 Å². The van der Waals surface area contributed by atoms with Gasteiger partial charge in [-0.05, 0) is 31.5 Å². The summed E-state index contributed by atoms with van der Waals surface area (Å²) in [4.78, 5) is 17.9. The van der Waals surface area contributed by atoms with Crippen LogP contribution in [0.3, 0.4) is 0 Å². The molecule has 2 heterocycles. The fraction of sp³-hybridized carbons (Fsp3) is 0.571. The number of hydrogen-bond donors (Lipinski definition) is 0. The van der Waals surface area contributed by atoms with Gasteiger partial charge >= 0.3 is 0 Å². The molecule has 19 heavy (non-hydrogen) atoms. The van der Waals surface area contributed by atoms with Crippen molar-refractivity contribution in [3.8, 4) is 0 Å². The van der Waals surface area contributed by atoms with Crippen LogP contribution < -0.4 is 0 Å². The minimum absolute atomic E-state index is 0.0421. The maximum absolute atomic E-state index is 12.7. The minimum Gasteiger partial charge on any atom is -0.380 e. The van der Waals surface area contributed by atoms with E-state index in [1.54, 1.807) is 7.11 Å². The summed E-state index contributed by atoms with van der Waals surface area (Å²) in [5.41, 5.74) is 0.335. The summed E-state index contributed by atoms with van der Waals surface area (Å²) in [6.45, 7) is 2.59. The lowest BCUT2D eigenvalue weighted by Crippen LogP contribution is -2.40. The zero-order valence-electron chi connectivity index (χ0n) is 11.1. The first-order valence-electron chi connectivity index (χ1n) is 6.59. The van der Waals surface area contributed by atoms with Gasteiger partial charge in [0.05, 0.1) is 12.3 Å². The number of rotatable bonds is 5. The third kappa shape index (κ3) is 4.08. The second-order valence-corrected chi connectivity index (χ2v) is 4.84. The van der Waals surface area contributed by atoms with E-state index < -0.39 is 5.82 Å². The molecule has 0 saturated carbocycles. The number of carbonyl (C=O) groups is 1. The van der Waals surface area contributed by atoms with Crippen molar-refractivity contribution in [2.24, 2.45) is 0 Å². The maximum Gasteiger partial charge on any atom is 0.182 e. The van der Waals surface area contributed by atoms with E-state index >= 15 is 0 Å². The number of pyridine rings is 1. The number of halogens is 1. The van der Waals surface area contributed by atoms with E-state index in [0.717, 1.165) is 32.1 Å². The van der Waals surface area contributed by atoms with Crippen molar-refractivity contribution in [1.82, 2.24) is 9.88 Å². The molecule has 1 fully saturated rings. The summed E-state index contributed by atoms with van der Waals surface area (Å²) in [7, 11) is 1.72. The predicted molar refractivity (Wildman–Crippen MR) is 69.6 cm³/mol. The summed E-state index contributed by atoms with van der Waals surface area (Å²) >= 11 is 0. The van der Waals surface area contributed by atoms with Crippen molar-refractivity contribution in [1.29, 1.82) is 0 Å². The number of ketones is 1. The third-order valence-electron chi connectivity index (χ3n) is 3.46. The molecule has 1 aliphatic rings. The molecule has 0 aromatic carbocycles. The Morgan fingerprint density at radius 3 is 3.11 bits per heavy atom. The van der Waals surface area contributed by atoms with Crippen molar-refractivity contribution >= 4 is 5.78 Å². The normalized spacial score (nSPS) is 20.4. The van der Waals surface area contributed by atoms with E-state index in [1.165, 1.54) is 12.1 Å². The number of ether oxygens (including phenoxy) is 1. The van der Waals surface area contributed by atoms with Gasteiger partial charge in [0.1, 0.15) is 11.5 Å². The molecule has 1 atom stereocenters. The van der Waals surface area contributed by atoms with Crippen LogP contribution in [0.5, 0.6) is 0 Å². The molecule has 1 unspecified atom stereocenters. The molecule has 0 amide bonds. The number of Topliss-reactive ketones (excluding diaryl/α,β-unsaturated/α-hetero) is 1. The molecule has 0 N–H and O–H groups in total. The highest BCUT2D eigenvalue weighted by Crippen LogP contribution is 2.13. The van der Waals surface area contributed by atoms with Crippen LogP contribution in [0.15, 0.2) is 18.3 Å². The van der Waals surface area contributed by atoms with Crippen molar-refractivity contribution in [2.75, 3.05) is 26.7 Å². The molecule has 0 spiro atoms. The lowest BCUT2D eigenvalue weighted by molar-refractivity contribution is 0.0309. The second kappa shape index (κ2) is 6.73. The van der Waals surface area contributed by atoms with Crippen LogP contribution in [0.1, 0.15) is 29.8 Å². The Labute approximate surface area is 112 Å². The van der Waals surface area contributed by atoms with E-state index in [9.17, 15) is 9.18 Å². The quantitative estimate of drug-likeness (QED) is 0.763. The lowest BCUT2D eigenvalue weighted by Gasteiger charge is -2.31. The number of carbonyl (C=O) groups excluding carboxylic acids is 1. The topological polar surface area (TPSA) is 42.4 Å². The highest BCUT2D eigenvalue weighted by atomic mass is 19.1. The monoisotopic (exact) mass is 266 g/mol. The van der Waals surface area contributed by atoms with Crippen molar-refractivity contribution in [3.63, 3.8) is 0 Å². The van der Waals surface area contributed by atoms with Crippen molar-refractivity contribution in [3.05, 3.63) is 29.8 Å². The number of likely N-dealkylation sites (tertiary alicyclic amines) is 1. The Hall–Kier alpha value is -1.33. The van der Waals surface area contributed by atoms with E-state index in [-0.39, 0.29) is 11.9 Å². The molecular weight excluding hydrogens is 247 g/mol. The summed E-state index contributed by atoms with van der Waals surface area (Å²) in [6.07, 6.45) is 3.94. The SMILES string of the molecule is COC1CCCN(CCC(=O)c2ccc(F)cn2)C1. The van der Waals surface area contributed by atoms with Crippen LogP contribution in [0.4, 0.5) is 4.39 Å². The van der Waals surface area contributed by atoms with E-state index in [0.29, 0.717) is 18.7 Å². The first-order valence-corrected chi connectivity index (χ1v) is 6.59. The molecule has 1 aromatic rings. The van der Waals surface area contributed by atoms with Crippen LogP contribution in [0, 0.1) is 5.82 Å². The first kappa shape index (κ1) is 14.1. The molecule has 1 aromatic heterocycles. The Morgan fingerprint density at radius 1 is 1.58 bits per heavy atom. The molecule has 2 rings (SSSR count). The number of piperidine rings is 1. The summed E-state index contributed by atoms with van der Waals surface area (Å²) in [5.74, 6) is -0.463. The number of hydrogen-bond acceptors (Lipinski definition) is 4. The van der Waals surface area contributed by atoms with Gasteiger partial charge in [-0.25, -0.2) is 4.39 Å². The molecule has 0 bridgehead atoms. The highest BCUT2D eigenvalue weighted by Gasteiger charge is 2.20. The van der Waals surface area contributed by atoms with E-state index in [1.807, 2.05) is 0 Å². The van der Waals surface area contributed by atoms with Gasteiger partial charge in [0.2, 0.25) is 0 Å². The molecule has 5 heteroatoms. The molecule has 4 nitrogen and oxygen atoms in total. The zero-order chi connectivity index (χ0) is 13.7. The average molecular weight is 266 g/mol. The van der Waals surface area contributed by atoms with E-state index in [2.05, 4.69) is 9.88 Å². The Morgan fingerprint density at radius 2 is 2.42 bits per heavy atom. The average Bonchev–Trinajstić information content (AvgIpc) is 2.46. The zero-order valence-corrected chi connectivity index (χ0v) is 11.1. The second-order valence-electron chi connectivity index (χ2n) is 4.84. The number of methoxy groups -OCH3 is 1. The Bertz CT molecular complexity index is 422. The van der Waals surface area contributed by atoms with E-state index in [4.69, 9.17) is 4.74 Å². The van der Waals surface area contributed by atoms with Crippen LogP contribution in [0.25, 0.3) is 0 Å². The van der Waals surface area contributed by atoms with Gasteiger partial charge in [-0.3, -0.25) is 9.78 Å². The molecule has 104 valence electrons. The highest BCUT2D eigenvalue weighted by molar-refractivity contribution is 5.94. The Kier molecular flexibility index (Phi) is 4.99. The molecule has 0 aliphatic carbocycles. The Balaban J connectivity index is 1.81. The molecular formula is C14H19FN2O2. The van der Waals surface area contributed by atoms with Crippen molar-refractivity contribution in [2.45, 2.75) is 25.4 Å². The molecule has 1 aliphatic heterocycles. The third-order valence-corrected chi connectivity index (χ3v) is 3.46. The minimum atomic E-state index is -0.421. The fourth-order valence-electron chi connectivity index (χ4n) is 2.34. The van der Waals surface area contributed by atoms with Gasteiger partial charge < -0.3 is 9.64 Å². The summed E-state index contributed by atoms with van der Waals surface area (Å²) in [5, 5.41) is 0. The van der Waals surface area contributed by atoms with Gasteiger partial charge in [0.15, 0.2) is 5.78 Å².